The van der Waals surface area contributed by atoms with E-state index in [2.05, 4.69) is 5.10 Å². The third kappa shape index (κ3) is 3.00. The van der Waals surface area contributed by atoms with Crippen molar-refractivity contribution in [3.63, 3.8) is 0 Å². The van der Waals surface area contributed by atoms with E-state index in [0.29, 0.717) is 17.4 Å². The number of halogens is 1. The summed E-state index contributed by atoms with van der Waals surface area (Å²) in [6.07, 6.45) is 2.08. The quantitative estimate of drug-likeness (QED) is 0.820. The molecule has 1 aromatic heterocycles. The fourth-order valence-electron chi connectivity index (χ4n) is 3.30. The molecule has 1 aliphatic heterocycles. The van der Waals surface area contributed by atoms with Gasteiger partial charge in [-0.3, -0.25) is 4.68 Å². The number of nitrogen functional groups attached to an aromatic ring is 1. The average Bonchev–Trinajstić information content (AvgIpc) is 3.28. The molecular formula is C17H20ClN3O3S. The summed E-state index contributed by atoms with van der Waals surface area (Å²) in [6.45, 7) is 3.86. The molecule has 0 spiro atoms. The van der Waals surface area contributed by atoms with Crippen LogP contribution in [0.15, 0.2) is 12.1 Å². The lowest BCUT2D eigenvalue weighted by atomic mass is 10.1. The standard InChI is InChI=1S/C17H20ClN3O3S/c1-9-5-13(6-10(2)14(9)19)24-16-15(11-3-4-11)21(20-17(16)18)12-7-25(22,23)8-12/h5-6,11-12H,3-4,7-8,19H2,1-2H3. The molecule has 25 heavy (non-hydrogen) atoms. The van der Waals surface area contributed by atoms with Gasteiger partial charge in [0.15, 0.2) is 20.7 Å². The van der Waals surface area contributed by atoms with Crippen LogP contribution in [0.4, 0.5) is 5.69 Å². The summed E-state index contributed by atoms with van der Waals surface area (Å²) in [7, 11) is -2.94. The van der Waals surface area contributed by atoms with Gasteiger partial charge in [-0.15, -0.1) is 0 Å². The molecule has 0 radical (unpaired) electrons. The van der Waals surface area contributed by atoms with Crippen molar-refractivity contribution in [2.75, 3.05) is 17.2 Å². The molecule has 1 saturated carbocycles. The lowest BCUT2D eigenvalue weighted by molar-refractivity contribution is 0.444. The number of nitrogens with two attached hydrogens (primary N) is 1. The first-order chi connectivity index (χ1) is 11.7. The molecule has 134 valence electrons. The second kappa shape index (κ2) is 5.64. The largest absolute Gasteiger partial charge is 0.452 e. The van der Waals surface area contributed by atoms with Gasteiger partial charge in [-0.1, -0.05) is 11.6 Å². The van der Waals surface area contributed by atoms with Gasteiger partial charge in [-0.05, 0) is 49.9 Å². The van der Waals surface area contributed by atoms with Crippen LogP contribution >= 0.6 is 11.6 Å². The molecule has 2 aromatic rings. The van der Waals surface area contributed by atoms with Crippen LogP contribution in [0, 0.1) is 13.8 Å². The predicted molar refractivity (Wildman–Crippen MR) is 97.3 cm³/mol. The van der Waals surface area contributed by atoms with Crippen molar-refractivity contribution in [1.29, 1.82) is 0 Å². The first-order valence-corrected chi connectivity index (χ1v) is 10.5. The molecule has 1 aromatic carbocycles. The van der Waals surface area contributed by atoms with Gasteiger partial charge in [0, 0.05) is 11.6 Å². The van der Waals surface area contributed by atoms with E-state index < -0.39 is 9.84 Å². The van der Waals surface area contributed by atoms with Crippen molar-refractivity contribution >= 4 is 27.1 Å². The number of hydrogen-bond acceptors (Lipinski definition) is 5. The van der Waals surface area contributed by atoms with E-state index in [0.717, 1.165) is 35.3 Å². The van der Waals surface area contributed by atoms with Crippen LogP contribution in [0.25, 0.3) is 0 Å². The van der Waals surface area contributed by atoms with Crippen LogP contribution in [-0.4, -0.2) is 29.7 Å². The summed E-state index contributed by atoms with van der Waals surface area (Å²) in [5, 5.41) is 4.66. The zero-order chi connectivity index (χ0) is 17.9. The number of nitrogens with zero attached hydrogens (tertiary/aromatic N) is 2. The average molecular weight is 382 g/mol. The number of rotatable bonds is 4. The minimum absolute atomic E-state index is 0.115. The highest BCUT2D eigenvalue weighted by Gasteiger charge is 2.41. The van der Waals surface area contributed by atoms with Crippen molar-refractivity contribution in [3.05, 3.63) is 34.1 Å². The summed E-state index contributed by atoms with van der Waals surface area (Å²) in [6, 6.07) is 3.60. The molecule has 0 atom stereocenters. The van der Waals surface area contributed by atoms with Crippen LogP contribution in [0.3, 0.4) is 0 Å². The number of aryl methyl sites for hydroxylation is 2. The maximum atomic E-state index is 11.5. The van der Waals surface area contributed by atoms with Gasteiger partial charge in [-0.2, -0.15) is 5.10 Å². The van der Waals surface area contributed by atoms with Gasteiger partial charge in [0.2, 0.25) is 0 Å². The maximum absolute atomic E-state index is 11.5. The number of sulfone groups is 1. The molecule has 0 unspecified atom stereocenters. The van der Waals surface area contributed by atoms with Crippen molar-refractivity contribution in [1.82, 2.24) is 9.78 Å². The van der Waals surface area contributed by atoms with Gasteiger partial charge in [0.1, 0.15) is 5.75 Å². The van der Waals surface area contributed by atoms with Gasteiger partial charge >= 0.3 is 0 Å². The first kappa shape index (κ1) is 16.7. The van der Waals surface area contributed by atoms with Crippen LogP contribution in [-0.2, 0) is 9.84 Å². The van der Waals surface area contributed by atoms with E-state index in [4.69, 9.17) is 22.1 Å². The minimum atomic E-state index is -2.94. The van der Waals surface area contributed by atoms with E-state index in [1.807, 2.05) is 26.0 Å². The lowest BCUT2D eigenvalue weighted by Crippen LogP contribution is -2.39. The summed E-state index contributed by atoms with van der Waals surface area (Å²) in [5.74, 6) is 1.76. The summed E-state index contributed by atoms with van der Waals surface area (Å²) < 4.78 is 30.9. The maximum Gasteiger partial charge on any atom is 0.194 e. The molecule has 8 heteroatoms. The summed E-state index contributed by atoms with van der Waals surface area (Å²) in [5.41, 5.74) is 9.55. The molecular weight excluding hydrogens is 362 g/mol. The Morgan fingerprint density at radius 2 is 1.84 bits per heavy atom. The van der Waals surface area contributed by atoms with E-state index in [1.165, 1.54) is 0 Å². The molecule has 0 amide bonds. The molecule has 1 aliphatic carbocycles. The normalized spacial score (nSPS) is 19.6. The monoisotopic (exact) mass is 381 g/mol. The van der Waals surface area contributed by atoms with Crippen LogP contribution < -0.4 is 10.5 Å². The number of hydrogen-bond donors (Lipinski definition) is 1. The molecule has 4 rings (SSSR count). The van der Waals surface area contributed by atoms with Gasteiger partial charge in [0.05, 0.1) is 23.2 Å². The number of anilines is 1. The Morgan fingerprint density at radius 3 is 2.36 bits per heavy atom. The Labute approximate surface area is 151 Å². The Kier molecular flexibility index (Phi) is 3.77. The zero-order valence-electron chi connectivity index (χ0n) is 14.1. The van der Waals surface area contributed by atoms with Crippen molar-refractivity contribution in [2.24, 2.45) is 0 Å². The van der Waals surface area contributed by atoms with Crippen LogP contribution in [0.5, 0.6) is 11.5 Å². The fraction of sp³-hybridized carbons (Fsp3) is 0.471. The Balaban J connectivity index is 1.71. The molecule has 1 saturated heterocycles. The van der Waals surface area contributed by atoms with Crippen molar-refractivity contribution in [2.45, 2.75) is 38.6 Å². The highest BCUT2D eigenvalue weighted by atomic mass is 35.5. The molecule has 0 bridgehead atoms. The van der Waals surface area contributed by atoms with Crippen LogP contribution in [0.2, 0.25) is 5.15 Å². The second-order valence-electron chi connectivity index (χ2n) is 7.03. The molecule has 2 fully saturated rings. The molecule has 6 nitrogen and oxygen atoms in total. The highest BCUT2D eigenvalue weighted by molar-refractivity contribution is 7.92. The number of ether oxygens (including phenoxy) is 1. The van der Waals surface area contributed by atoms with Crippen molar-refractivity contribution < 1.29 is 13.2 Å². The van der Waals surface area contributed by atoms with E-state index >= 15 is 0 Å². The molecule has 2 aliphatic rings. The number of benzene rings is 1. The van der Waals surface area contributed by atoms with Gasteiger partial charge in [0.25, 0.3) is 0 Å². The Bertz CT molecular complexity index is 929. The smallest absolute Gasteiger partial charge is 0.194 e. The second-order valence-corrected chi connectivity index (χ2v) is 9.54. The fourth-order valence-corrected chi connectivity index (χ4v) is 4.87. The van der Waals surface area contributed by atoms with E-state index in [-0.39, 0.29) is 22.7 Å². The zero-order valence-corrected chi connectivity index (χ0v) is 15.7. The van der Waals surface area contributed by atoms with Gasteiger partial charge in [-0.25, -0.2) is 8.42 Å². The molecule has 2 N–H and O–H groups in total. The summed E-state index contributed by atoms with van der Waals surface area (Å²) in [4.78, 5) is 0. The minimum Gasteiger partial charge on any atom is -0.452 e. The Morgan fingerprint density at radius 1 is 1.24 bits per heavy atom. The van der Waals surface area contributed by atoms with E-state index in [1.54, 1.807) is 4.68 Å². The number of aromatic nitrogens is 2. The first-order valence-electron chi connectivity index (χ1n) is 8.28. The topological polar surface area (TPSA) is 87.2 Å². The highest BCUT2D eigenvalue weighted by Crippen LogP contribution is 2.49. The lowest BCUT2D eigenvalue weighted by Gasteiger charge is -2.27. The van der Waals surface area contributed by atoms with Gasteiger partial charge < -0.3 is 10.5 Å². The third-order valence-corrected chi connectivity index (χ3v) is 6.88. The molecule has 2 heterocycles. The SMILES string of the molecule is Cc1cc(Oc2c(Cl)nn(C3CS(=O)(=O)C3)c2C2CC2)cc(C)c1N. The summed E-state index contributed by atoms with van der Waals surface area (Å²) >= 11 is 6.35. The third-order valence-electron chi connectivity index (χ3n) is 4.85. The van der Waals surface area contributed by atoms with Crippen LogP contribution in [0.1, 0.15) is 41.6 Å². The van der Waals surface area contributed by atoms with E-state index in [9.17, 15) is 8.42 Å². The Hall–Kier alpha value is -1.73. The predicted octanol–water partition coefficient (Wildman–Crippen LogP) is 3.37. The van der Waals surface area contributed by atoms with Crippen molar-refractivity contribution in [3.8, 4) is 11.5 Å².